The van der Waals surface area contributed by atoms with Crippen molar-refractivity contribution in [1.29, 1.82) is 0 Å². The molecule has 5 N–H and O–H groups in total. The van der Waals surface area contributed by atoms with Crippen molar-refractivity contribution >= 4 is 17.8 Å². The molecule has 0 unspecified atom stereocenters. The minimum absolute atomic E-state index is 0. The van der Waals surface area contributed by atoms with Gasteiger partial charge in [-0.3, -0.25) is 4.79 Å². The highest BCUT2D eigenvalue weighted by Crippen LogP contribution is 2.00. The van der Waals surface area contributed by atoms with Crippen LogP contribution in [0.5, 0.6) is 0 Å². The Kier molecular flexibility index (Phi) is 9.62. The second-order valence-electron chi connectivity index (χ2n) is 3.21. The maximum absolute atomic E-state index is 11.2. The number of unbranched alkanes of at least 4 members (excludes halogenated alkanes) is 2. The van der Waals surface area contributed by atoms with Crippen LogP contribution in [0, 0.1) is 0 Å². The van der Waals surface area contributed by atoms with Crippen LogP contribution in [0.1, 0.15) is 32.6 Å². The van der Waals surface area contributed by atoms with Gasteiger partial charge in [-0.2, -0.15) is 0 Å². The van der Waals surface area contributed by atoms with Gasteiger partial charge in [0.2, 0.25) is 5.91 Å². The molecule has 0 aliphatic carbocycles. The lowest BCUT2D eigenvalue weighted by atomic mass is 10.2. The number of nitrogens with one attached hydrogen (secondary N) is 1. The lowest BCUT2D eigenvalue weighted by Gasteiger charge is -2.04. The zero-order valence-electron chi connectivity index (χ0n) is 9.52. The topological polar surface area (TPSA) is 135 Å². The van der Waals surface area contributed by atoms with Gasteiger partial charge in [0.15, 0.2) is 0 Å². The molecule has 17 heavy (non-hydrogen) atoms. The number of carbonyl (C=O) groups excluding carboxylic acids is 1. The van der Waals surface area contributed by atoms with Crippen LogP contribution in [0.4, 0.5) is 0 Å². The Bertz CT molecular complexity index is 310. The molecule has 0 bridgehead atoms. The third-order valence-corrected chi connectivity index (χ3v) is 1.78. The van der Waals surface area contributed by atoms with Crippen molar-refractivity contribution in [2.24, 2.45) is 0 Å². The van der Waals surface area contributed by atoms with Gasteiger partial charge in [-0.05, 0) is 6.42 Å². The summed E-state index contributed by atoms with van der Waals surface area (Å²) in [5, 5.41) is 19.0. The summed E-state index contributed by atoms with van der Waals surface area (Å²) in [6.45, 7) is 1.98. The average Bonchev–Trinajstić information content (AvgIpc) is 2.16. The first-order valence-electron chi connectivity index (χ1n) is 4.95. The highest BCUT2D eigenvalue weighted by Gasteiger charge is 2.12. The van der Waals surface area contributed by atoms with Gasteiger partial charge in [0, 0.05) is 6.42 Å². The molecule has 0 heterocycles. The Morgan fingerprint density at radius 3 is 2.18 bits per heavy atom. The van der Waals surface area contributed by atoms with Gasteiger partial charge in [0.25, 0.3) is 0 Å². The van der Waals surface area contributed by atoms with Gasteiger partial charge in [-0.15, -0.1) is 0 Å². The van der Waals surface area contributed by atoms with E-state index in [-0.39, 0.29) is 11.9 Å². The molecule has 7 nitrogen and oxygen atoms in total. The molecular weight excluding hydrogens is 230 g/mol. The van der Waals surface area contributed by atoms with E-state index in [1.165, 1.54) is 0 Å². The Labute approximate surface area is 98.4 Å². The van der Waals surface area contributed by atoms with E-state index in [1.54, 1.807) is 0 Å². The summed E-state index contributed by atoms with van der Waals surface area (Å²) in [7, 11) is 0. The number of carboxylic acids is 2. The van der Waals surface area contributed by atoms with Crippen LogP contribution >= 0.6 is 0 Å². The summed E-state index contributed by atoms with van der Waals surface area (Å²) in [6.07, 6.45) is 3.13. The molecule has 0 aliphatic rings. The molecule has 0 aromatic carbocycles. The van der Waals surface area contributed by atoms with Crippen LogP contribution in [0.25, 0.3) is 0 Å². The van der Waals surface area contributed by atoms with Crippen LogP contribution < -0.4 is 5.32 Å². The first-order chi connectivity index (χ1) is 7.47. The van der Waals surface area contributed by atoms with Crippen molar-refractivity contribution in [2.45, 2.75) is 32.6 Å². The number of hydrogen-bond donors (Lipinski definition) is 3. The molecule has 0 aromatic heterocycles. The average molecular weight is 247 g/mol. The van der Waals surface area contributed by atoms with Gasteiger partial charge >= 0.3 is 11.9 Å². The molecule has 0 radical (unpaired) electrons. The standard InChI is InChI=1S/C10H15NO5.H2O/c1-2-3-4-5-8(12)11-7(10(15)16)6-9(13)14;/h6H,2-5H2,1H3,(H,11,12)(H,13,14)(H,15,16);1H2/b7-6+;. The molecule has 1 amide bonds. The normalized spacial score (nSPS) is 10.3. The predicted octanol–water partition coefficient (Wildman–Crippen LogP) is -0.0887. The number of carboxylic acid groups (broad SMARTS) is 2. The maximum atomic E-state index is 11.2. The van der Waals surface area contributed by atoms with E-state index in [4.69, 9.17) is 10.2 Å². The quantitative estimate of drug-likeness (QED) is 0.426. The number of amides is 1. The third kappa shape index (κ3) is 9.06. The number of hydrogen-bond acceptors (Lipinski definition) is 3. The molecule has 0 fully saturated rings. The molecule has 0 rings (SSSR count). The second-order valence-corrected chi connectivity index (χ2v) is 3.21. The second kappa shape index (κ2) is 9.34. The van der Waals surface area contributed by atoms with Crippen molar-refractivity contribution < 1.29 is 30.1 Å². The lowest BCUT2D eigenvalue weighted by Crippen LogP contribution is -2.27. The van der Waals surface area contributed by atoms with E-state index in [1.807, 2.05) is 12.2 Å². The van der Waals surface area contributed by atoms with Gasteiger partial charge < -0.3 is 21.0 Å². The van der Waals surface area contributed by atoms with Crippen molar-refractivity contribution in [2.75, 3.05) is 0 Å². The summed E-state index contributed by atoms with van der Waals surface area (Å²) in [5.74, 6) is -3.36. The molecule has 0 aliphatic heterocycles. The number of carbonyl (C=O) groups is 3. The first kappa shape index (κ1) is 17.5. The van der Waals surface area contributed by atoms with Crippen LogP contribution in [0.2, 0.25) is 0 Å². The minimum atomic E-state index is -1.47. The molecule has 0 atom stereocenters. The Morgan fingerprint density at radius 2 is 1.76 bits per heavy atom. The molecule has 0 aromatic rings. The zero-order valence-corrected chi connectivity index (χ0v) is 9.52. The summed E-state index contributed by atoms with van der Waals surface area (Å²) in [6, 6.07) is 0. The van der Waals surface area contributed by atoms with Crippen LogP contribution in [-0.2, 0) is 14.4 Å². The Morgan fingerprint density at radius 1 is 1.18 bits per heavy atom. The number of rotatable bonds is 7. The third-order valence-electron chi connectivity index (χ3n) is 1.78. The van der Waals surface area contributed by atoms with E-state index in [2.05, 4.69) is 0 Å². The van der Waals surface area contributed by atoms with E-state index in [0.29, 0.717) is 12.5 Å². The monoisotopic (exact) mass is 247 g/mol. The van der Waals surface area contributed by atoms with E-state index >= 15 is 0 Å². The Hall–Kier alpha value is -1.89. The fourth-order valence-electron chi connectivity index (χ4n) is 1.02. The molecular formula is C10H17NO6. The number of aliphatic carboxylic acids is 2. The van der Waals surface area contributed by atoms with Gasteiger partial charge in [0.05, 0.1) is 6.08 Å². The molecule has 0 spiro atoms. The van der Waals surface area contributed by atoms with Gasteiger partial charge in [0.1, 0.15) is 5.70 Å². The predicted molar refractivity (Wildman–Crippen MR) is 59.3 cm³/mol. The summed E-state index contributed by atoms with van der Waals surface area (Å²) >= 11 is 0. The van der Waals surface area contributed by atoms with Crippen LogP contribution in [0.3, 0.4) is 0 Å². The molecule has 0 saturated heterocycles. The van der Waals surface area contributed by atoms with Gasteiger partial charge in [-0.1, -0.05) is 19.8 Å². The fourth-order valence-corrected chi connectivity index (χ4v) is 1.02. The van der Waals surface area contributed by atoms with Crippen LogP contribution in [-0.4, -0.2) is 33.5 Å². The summed E-state index contributed by atoms with van der Waals surface area (Å²) in [5.41, 5.74) is -0.617. The highest BCUT2D eigenvalue weighted by atomic mass is 16.4. The highest BCUT2D eigenvalue weighted by molar-refractivity contribution is 5.98. The maximum Gasteiger partial charge on any atom is 0.352 e. The summed E-state index contributed by atoms with van der Waals surface area (Å²) < 4.78 is 0. The van der Waals surface area contributed by atoms with Crippen LogP contribution in [0.15, 0.2) is 11.8 Å². The lowest BCUT2D eigenvalue weighted by molar-refractivity contribution is -0.136. The molecule has 98 valence electrons. The van der Waals surface area contributed by atoms with Crippen molar-refractivity contribution in [1.82, 2.24) is 5.32 Å². The van der Waals surface area contributed by atoms with Crippen molar-refractivity contribution in [3.05, 3.63) is 11.8 Å². The molecule has 0 saturated carbocycles. The minimum Gasteiger partial charge on any atom is -0.478 e. The van der Waals surface area contributed by atoms with Gasteiger partial charge in [-0.25, -0.2) is 9.59 Å². The fraction of sp³-hybridized carbons (Fsp3) is 0.500. The first-order valence-corrected chi connectivity index (χ1v) is 4.95. The van der Waals surface area contributed by atoms with E-state index in [0.717, 1.165) is 12.8 Å². The smallest absolute Gasteiger partial charge is 0.352 e. The van der Waals surface area contributed by atoms with Crippen molar-refractivity contribution in [3.63, 3.8) is 0 Å². The molecule has 7 heteroatoms. The summed E-state index contributed by atoms with van der Waals surface area (Å²) in [4.78, 5) is 32.0. The zero-order chi connectivity index (χ0) is 12.6. The van der Waals surface area contributed by atoms with E-state index < -0.39 is 23.5 Å². The van der Waals surface area contributed by atoms with E-state index in [9.17, 15) is 14.4 Å². The van der Waals surface area contributed by atoms with Crippen molar-refractivity contribution in [3.8, 4) is 0 Å². The Balaban J connectivity index is 0. The SMILES string of the molecule is CCCCCC(=O)N/C(=C/C(=O)O)C(=O)O.O. The largest absolute Gasteiger partial charge is 0.478 e.